The minimum absolute atomic E-state index is 0.0870. The molecule has 0 aliphatic rings. The number of esters is 2. The maximum absolute atomic E-state index is 13.0. The van der Waals surface area contributed by atoms with Crippen molar-refractivity contribution in [1.29, 1.82) is 0 Å². The largest absolute Gasteiger partial charge is 0.478 e. The fourth-order valence-electron chi connectivity index (χ4n) is 2.98. The molecule has 0 spiro atoms. The van der Waals surface area contributed by atoms with Crippen LogP contribution in [0.25, 0.3) is 0 Å². The molecule has 8 nitrogen and oxygen atoms in total. The molecular formula is C26H23NO7. The summed E-state index contributed by atoms with van der Waals surface area (Å²) in [5.41, 5.74) is 2.32. The molecule has 0 aliphatic carbocycles. The van der Waals surface area contributed by atoms with E-state index < -0.39 is 36.0 Å². The van der Waals surface area contributed by atoms with Crippen LogP contribution in [0.15, 0.2) is 78.9 Å². The third-order valence-electron chi connectivity index (χ3n) is 4.86. The van der Waals surface area contributed by atoms with Gasteiger partial charge in [0.15, 0.2) is 0 Å². The fourth-order valence-corrected chi connectivity index (χ4v) is 2.98. The van der Waals surface area contributed by atoms with Gasteiger partial charge in [-0.25, -0.2) is 14.4 Å². The van der Waals surface area contributed by atoms with E-state index in [-0.39, 0.29) is 11.1 Å². The molecule has 0 aromatic heterocycles. The zero-order valence-corrected chi connectivity index (χ0v) is 18.6. The summed E-state index contributed by atoms with van der Waals surface area (Å²) in [5.74, 6) is -4.52. The minimum atomic E-state index is -2.09. The Morgan fingerprint density at radius 2 is 1.12 bits per heavy atom. The van der Waals surface area contributed by atoms with Gasteiger partial charge >= 0.3 is 17.9 Å². The molecule has 3 aromatic rings. The average molecular weight is 461 g/mol. The van der Waals surface area contributed by atoms with Crippen LogP contribution in [0.1, 0.15) is 31.8 Å². The molecule has 0 fully saturated rings. The Morgan fingerprint density at radius 3 is 1.56 bits per heavy atom. The van der Waals surface area contributed by atoms with Gasteiger partial charge in [0, 0.05) is 5.69 Å². The van der Waals surface area contributed by atoms with Crippen molar-refractivity contribution in [2.24, 2.45) is 0 Å². The Hall–Kier alpha value is -4.46. The van der Waals surface area contributed by atoms with Crippen molar-refractivity contribution < 1.29 is 33.8 Å². The predicted molar refractivity (Wildman–Crippen MR) is 123 cm³/mol. The van der Waals surface area contributed by atoms with Gasteiger partial charge in [-0.1, -0.05) is 53.6 Å². The van der Waals surface area contributed by atoms with Gasteiger partial charge < -0.3 is 19.9 Å². The highest BCUT2D eigenvalue weighted by Gasteiger charge is 2.41. The lowest BCUT2D eigenvalue weighted by Crippen LogP contribution is -2.48. The number of anilines is 1. The molecule has 3 rings (SSSR count). The molecule has 8 heteroatoms. The second-order valence-corrected chi connectivity index (χ2v) is 7.58. The lowest BCUT2D eigenvalue weighted by molar-refractivity contribution is -0.157. The number of carboxylic acids is 1. The Balaban J connectivity index is 1.89. The van der Waals surface area contributed by atoms with Crippen LogP contribution < -0.4 is 5.32 Å². The number of nitrogens with one attached hydrogen (secondary N) is 1. The smallest absolute Gasteiger partial charge is 0.349 e. The standard InChI is InChI=1S/C26H23NO7/c1-16-8-12-18(13-9-16)25(31)33-21(23(28)27-20-6-4-3-5-7-20)22(24(29)30)34-26(32)19-14-10-17(2)11-15-19/h3-15,21-22H,1-2H3,(H,27,28)(H,29,30)/t21-,22+/m0/s1. The maximum Gasteiger partial charge on any atom is 0.349 e. The number of aliphatic carboxylic acids is 1. The third-order valence-corrected chi connectivity index (χ3v) is 4.86. The van der Waals surface area contributed by atoms with E-state index in [0.29, 0.717) is 5.69 Å². The second-order valence-electron chi connectivity index (χ2n) is 7.58. The molecule has 0 saturated heterocycles. The highest BCUT2D eigenvalue weighted by Crippen LogP contribution is 2.16. The van der Waals surface area contributed by atoms with Gasteiger partial charge in [-0.2, -0.15) is 0 Å². The Labute approximate surface area is 196 Å². The first-order chi connectivity index (χ1) is 16.2. The molecule has 0 saturated carbocycles. The highest BCUT2D eigenvalue weighted by molar-refractivity contribution is 6.01. The number of amides is 1. The zero-order chi connectivity index (χ0) is 24.7. The molecule has 1 amide bonds. The number of carbonyl (C=O) groups excluding carboxylic acids is 3. The van der Waals surface area contributed by atoms with E-state index in [2.05, 4.69) is 5.32 Å². The quantitative estimate of drug-likeness (QED) is 0.490. The van der Waals surface area contributed by atoms with Crippen molar-refractivity contribution >= 4 is 29.5 Å². The number of benzene rings is 3. The maximum atomic E-state index is 13.0. The van der Waals surface area contributed by atoms with Crippen LogP contribution >= 0.6 is 0 Å². The molecule has 34 heavy (non-hydrogen) atoms. The molecule has 0 unspecified atom stereocenters. The summed E-state index contributed by atoms with van der Waals surface area (Å²) < 4.78 is 10.4. The third kappa shape index (κ3) is 6.29. The highest BCUT2D eigenvalue weighted by atomic mass is 16.6. The first-order valence-electron chi connectivity index (χ1n) is 10.4. The van der Waals surface area contributed by atoms with Crippen LogP contribution in [-0.2, 0) is 19.1 Å². The van der Waals surface area contributed by atoms with Crippen molar-refractivity contribution in [3.05, 3.63) is 101 Å². The number of carboxylic acid groups (broad SMARTS) is 1. The number of rotatable bonds is 8. The first kappa shape index (κ1) is 24.2. The van der Waals surface area contributed by atoms with Gasteiger partial charge in [-0.05, 0) is 50.2 Å². The molecule has 0 heterocycles. The Morgan fingerprint density at radius 1 is 0.676 bits per heavy atom. The summed E-state index contributed by atoms with van der Waals surface area (Å²) in [4.78, 5) is 50.3. The molecule has 2 N–H and O–H groups in total. The van der Waals surface area contributed by atoms with E-state index in [1.54, 1.807) is 54.6 Å². The van der Waals surface area contributed by atoms with Crippen molar-refractivity contribution in [3.63, 3.8) is 0 Å². The lowest BCUT2D eigenvalue weighted by Gasteiger charge is -2.23. The second kappa shape index (κ2) is 10.9. The van der Waals surface area contributed by atoms with E-state index in [1.165, 1.54) is 24.3 Å². The van der Waals surface area contributed by atoms with E-state index in [1.807, 2.05) is 13.8 Å². The van der Waals surface area contributed by atoms with Crippen LogP contribution in [0.3, 0.4) is 0 Å². The number of hydrogen-bond acceptors (Lipinski definition) is 6. The number of hydrogen-bond donors (Lipinski definition) is 2. The van der Waals surface area contributed by atoms with Gasteiger partial charge in [0.2, 0.25) is 12.2 Å². The number of carbonyl (C=O) groups is 4. The van der Waals surface area contributed by atoms with Crippen LogP contribution in [0.4, 0.5) is 5.69 Å². The molecule has 2 atom stereocenters. The summed E-state index contributed by atoms with van der Waals surface area (Å²) in [6, 6.07) is 20.8. The first-order valence-corrected chi connectivity index (χ1v) is 10.4. The van der Waals surface area contributed by atoms with Crippen molar-refractivity contribution in [2.75, 3.05) is 5.32 Å². The Bertz CT molecular complexity index is 1170. The van der Waals surface area contributed by atoms with Gasteiger partial charge in [0.05, 0.1) is 11.1 Å². The van der Waals surface area contributed by atoms with E-state index in [4.69, 9.17) is 9.47 Å². The predicted octanol–water partition coefficient (Wildman–Crippen LogP) is 3.78. The molecule has 174 valence electrons. The van der Waals surface area contributed by atoms with Crippen molar-refractivity contribution in [2.45, 2.75) is 26.1 Å². The number of para-hydroxylation sites is 1. The zero-order valence-electron chi connectivity index (χ0n) is 18.6. The summed E-state index contributed by atoms with van der Waals surface area (Å²) in [6.45, 7) is 3.65. The number of ether oxygens (including phenoxy) is 2. The number of aryl methyl sites for hydroxylation is 2. The average Bonchev–Trinajstić information content (AvgIpc) is 2.82. The van der Waals surface area contributed by atoms with Crippen LogP contribution in [-0.4, -0.2) is 41.1 Å². The summed E-state index contributed by atoms with van der Waals surface area (Å²) in [7, 11) is 0. The fraction of sp³-hybridized carbons (Fsp3) is 0.154. The van der Waals surface area contributed by atoms with Gasteiger partial charge in [-0.3, -0.25) is 4.79 Å². The lowest BCUT2D eigenvalue weighted by atomic mass is 10.1. The molecular weight excluding hydrogens is 438 g/mol. The monoisotopic (exact) mass is 461 g/mol. The summed E-state index contributed by atoms with van der Waals surface area (Å²) in [6.07, 6.45) is -4.05. The molecule has 0 radical (unpaired) electrons. The summed E-state index contributed by atoms with van der Waals surface area (Å²) >= 11 is 0. The minimum Gasteiger partial charge on any atom is -0.478 e. The normalized spacial score (nSPS) is 12.2. The van der Waals surface area contributed by atoms with Crippen LogP contribution in [0.5, 0.6) is 0 Å². The topological polar surface area (TPSA) is 119 Å². The van der Waals surface area contributed by atoms with Gasteiger partial charge in [0.1, 0.15) is 0 Å². The molecule has 0 bridgehead atoms. The van der Waals surface area contributed by atoms with Gasteiger partial charge in [-0.15, -0.1) is 0 Å². The SMILES string of the molecule is Cc1ccc(C(=O)O[C@H](C(=O)Nc2ccccc2)[C@@H](OC(=O)c2ccc(C)cc2)C(=O)O)cc1. The summed E-state index contributed by atoms with van der Waals surface area (Å²) in [5, 5.41) is 12.3. The van der Waals surface area contributed by atoms with Crippen molar-refractivity contribution in [3.8, 4) is 0 Å². The Kier molecular flexibility index (Phi) is 7.76. The van der Waals surface area contributed by atoms with E-state index >= 15 is 0 Å². The molecule has 3 aromatic carbocycles. The molecule has 0 aliphatic heterocycles. The van der Waals surface area contributed by atoms with E-state index in [9.17, 15) is 24.3 Å². The van der Waals surface area contributed by atoms with Gasteiger partial charge in [0.25, 0.3) is 5.91 Å². The van der Waals surface area contributed by atoms with Crippen LogP contribution in [0.2, 0.25) is 0 Å². The van der Waals surface area contributed by atoms with E-state index in [0.717, 1.165) is 11.1 Å². The van der Waals surface area contributed by atoms with Crippen LogP contribution in [0, 0.1) is 13.8 Å². The van der Waals surface area contributed by atoms with Crippen molar-refractivity contribution in [1.82, 2.24) is 0 Å².